The smallest absolute Gasteiger partial charge is 0.247 e. The number of fused-ring (bicyclic) bond motifs is 1. The summed E-state index contributed by atoms with van der Waals surface area (Å²) in [6, 6.07) is 14.5. The third kappa shape index (κ3) is 5.37. The molecule has 3 aromatic heterocycles. The van der Waals surface area contributed by atoms with Crippen LogP contribution in [0.25, 0.3) is 5.65 Å². The lowest BCUT2D eigenvalue weighted by molar-refractivity contribution is 0.165. The second-order valence-electron chi connectivity index (χ2n) is 10.8. The summed E-state index contributed by atoms with van der Waals surface area (Å²) >= 11 is 6.10. The molecule has 0 spiro atoms. The van der Waals surface area contributed by atoms with Crippen LogP contribution in [0.2, 0.25) is 5.02 Å². The van der Waals surface area contributed by atoms with Crippen LogP contribution in [0.4, 0.5) is 17.3 Å². The molecule has 208 valence electrons. The zero-order valence-electron chi connectivity index (χ0n) is 22.5. The Morgan fingerprint density at radius 3 is 2.60 bits per heavy atom. The van der Waals surface area contributed by atoms with Crippen LogP contribution < -0.4 is 10.2 Å². The van der Waals surface area contributed by atoms with Crippen molar-refractivity contribution in [2.24, 2.45) is 0 Å². The van der Waals surface area contributed by atoms with E-state index in [4.69, 9.17) is 21.8 Å². The van der Waals surface area contributed by atoms with Gasteiger partial charge in [0.25, 0.3) is 0 Å². The largest absolute Gasteiger partial charge is 0.395 e. The van der Waals surface area contributed by atoms with Crippen LogP contribution in [0.1, 0.15) is 43.7 Å². The quantitative estimate of drug-likeness (QED) is 0.327. The predicted molar refractivity (Wildman–Crippen MR) is 155 cm³/mol. The summed E-state index contributed by atoms with van der Waals surface area (Å²) in [5.41, 5.74) is 3.56. The summed E-state index contributed by atoms with van der Waals surface area (Å²) in [4.78, 5) is 9.52. The zero-order chi connectivity index (χ0) is 27.5. The Kier molecular flexibility index (Phi) is 7.61. The van der Waals surface area contributed by atoms with Crippen LogP contribution in [0.15, 0.2) is 55.0 Å². The SMILES string of the molecule is N#CCCN1CCC(n2cc(Nc3nc4c(N5CCC(CO)(c6ccc(Cl)cc6)CC5)cccn4n3)cn2)CC1. The number of rotatable bonds is 8. The number of halogens is 1. The molecule has 0 saturated carbocycles. The predicted octanol–water partition coefficient (Wildman–Crippen LogP) is 4.40. The highest BCUT2D eigenvalue weighted by atomic mass is 35.5. The van der Waals surface area contributed by atoms with Crippen molar-refractivity contribution in [1.82, 2.24) is 29.3 Å². The zero-order valence-corrected chi connectivity index (χ0v) is 23.2. The van der Waals surface area contributed by atoms with Crippen LogP contribution in [0.3, 0.4) is 0 Å². The maximum absolute atomic E-state index is 10.4. The van der Waals surface area contributed by atoms with Gasteiger partial charge in [-0.2, -0.15) is 15.3 Å². The van der Waals surface area contributed by atoms with Crippen molar-refractivity contribution in [1.29, 1.82) is 5.26 Å². The Hall–Kier alpha value is -3.65. The second-order valence-corrected chi connectivity index (χ2v) is 11.3. The normalized spacial score (nSPS) is 18.2. The van der Waals surface area contributed by atoms with Crippen LogP contribution >= 0.6 is 11.6 Å². The first-order valence-electron chi connectivity index (χ1n) is 13.9. The van der Waals surface area contributed by atoms with E-state index >= 15 is 0 Å². The Labute approximate surface area is 238 Å². The molecule has 11 heteroatoms. The first-order valence-corrected chi connectivity index (χ1v) is 14.3. The van der Waals surface area contributed by atoms with Crippen LogP contribution in [0.5, 0.6) is 0 Å². The highest BCUT2D eigenvalue weighted by Gasteiger charge is 2.36. The van der Waals surface area contributed by atoms with E-state index in [2.05, 4.69) is 37.4 Å². The molecule has 10 nitrogen and oxygen atoms in total. The van der Waals surface area contributed by atoms with Gasteiger partial charge < -0.3 is 20.2 Å². The lowest BCUT2D eigenvalue weighted by atomic mass is 9.73. The number of benzene rings is 1. The van der Waals surface area contributed by atoms with E-state index in [1.54, 1.807) is 0 Å². The molecule has 1 aromatic carbocycles. The van der Waals surface area contributed by atoms with Crippen molar-refractivity contribution >= 4 is 34.6 Å². The molecule has 40 heavy (non-hydrogen) atoms. The van der Waals surface area contributed by atoms with E-state index in [-0.39, 0.29) is 12.0 Å². The third-order valence-corrected chi connectivity index (χ3v) is 8.74. The Morgan fingerprint density at radius 2 is 1.88 bits per heavy atom. The number of aliphatic hydroxyl groups is 1. The lowest BCUT2D eigenvalue weighted by Crippen LogP contribution is -2.45. The molecule has 0 aliphatic carbocycles. The summed E-state index contributed by atoms with van der Waals surface area (Å²) in [7, 11) is 0. The minimum absolute atomic E-state index is 0.111. The number of aromatic nitrogens is 5. The van der Waals surface area contributed by atoms with Gasteiger partial charge in [0, 0.05) is 62.0 Å². The van der Waals surface area contributed by atoms with Gasteiger partial charge in [-0.1, -0.05) is 23.7 Å². The van der Waals surface area contributed by atoms with Gasteiger partial charge in [0.2, 0.25) is 5.95 Å². The van der Waals surface area contributed by atoms with Crippen molar-refractivity contribution in [2.45, 2.75) is 43.6 Å². The number of pyridine rings is 1. The standard InChI is InChI=1S/C29H34ClN9O/c30-23-6-4-22(5-7-23)29(21-40)10-17-37(18-11-29)26-3-1-14-38-27(26)34-28(35-38)33-24-19-32-39(20-24)25-8-15-36(16-9-25)13-2-12-31/h1,3-7,14,19-20,25,40H,2,8-11,13,15-18,21H2,(H,33,35). The van der Waals surface area contributed by atoms with E-state index in [9.17, 15) is 5.11 Å². The van der Waals surface area contributed by atoms with Gasteiger partial charge in [0.1, 0.15) is 0 Å². The summed E-state index contributed by atoms with van der Waals surface area (Å²) < 4.78 is 3.85. The number of aliphatic hydroxyl groups excluding tert-OH is 1. The maximum atomic E-state index is 10.4. The summed E-state index contributed by atoms with van der Waals surface area (Å²) in [5, 5.41) is 32.5. The molecule has 0 bridgehead atoms. The molecule has 2 aliphatic heterocycles. The van der Waals surface area contributed by atoms with Crippen molar-refractivity contribution in [3.05, 3.63) is 65.6 Å². The number of anilines is 3. The monoisotopic (exact) mass is 559 g/mol. The molecule has 2 saturated heterocycles. The van der Waals surface area contributed by atoms with E-state index in [1.165, 1.54) is 0 Å². The minimum Gasteiger partial charge on any atom is -0.395 e. The molecule has 4 aromatic rings. The summed E-state index contributed by atoms with van der Waals surface area (Å²) in [5.74, 6) is 0.529. The Morgan fingerprint density at radius 1 is 1.10 bits per heavy atom. The molecule has 0 amide bonds. The molecule has 2 N–H and O–H groups in total. The second kappa shape index (κ2) is 11.5. The topological polar surface area (TPSA) is 111 Å². The fourth-order valence-electron chi connectivity index (χ4n) is 6.06. The van der Waals surface area contributed by atoms with E-state index in [0.717, 1.165) is 81.0 Å². The molecular weight excluding hydrogens is 526 g/mol. The molecule has 0 atom stereocenters. The Bertz CT molecular complexity index is 1480. The molecule has 2 fully saturated rings. The minimum atomic E-state index is -0.264. The molecule has 2 aliphatic rings. The van der Waals surface area contributed by atoms with Crippen LogP contribution in [-0.2, 0) is 5.41 Å². The molecule has 5 heterocycles. The van der Waals surface area contributed by atoms with E-state index < -0.39 is 0 Å². The molecular formula is C29H34ClN9O. The molecule has 0 radical (unpaired) electrons. The fourth-order valence-corrected chi connectivity index (χ4v) is 6.18. The summed E-state index contributed by atoms with van der Waals surface area (Å²) in [6.45, 7) is 4.54. The van der Waals surface area contributed by atoms with Crippen LogP contribution in [0, 0.1) is 11.3 Å². The highest BCUT2D eigenvalue weighted by Crippen LogP contribution is 2.38. The van der Waals surface area contributed by atoms with Crippen molar-refractivity contribution in [3.63, 3.8) is 0 Å². The number of hydrogen-bond acceptors (Lipinski definition) is 8. The number of nitrogens with zero attached hydrogens (tertiary/aromatic N) is 8. The van der Waals surface area contributed by atoms with Gasteiger partial charge in [0.15, 0.2) is 5.65 Å². The van der Waals surface area contributed by atoms with Crippen molar-refractivity contribution in [3.8, 4) is 6.07 Å². The van der Waals surface area contributed by atoms with E-state index in [1.807, 2.05) is 58.1 Å². The lowest BCUT2D eigenvalue weighted by Gasteiger charge is -2.42. The molecule has 0 unspecified atom stereocenters. The average molecular weight is 560 g/mol. The number of piperidine rings is 2. The van der Waals surface area contributed by atoms with Gasteiger partial charge in [-0.25, -0.2) is 4.52 Å². The maximum Gasteiger partial charge on any atom is 0.247 e. The van der Waals surface area contributed by atoms with E-state index in [0.29, 0.717) is 23.4 Å². The first kappa shape index (κ1) is 26.6. The highest BCUT2D eigenvalue weighted by molar-refractivity contribution is 6.30. The summed E-state index contributed by atoms with van der Waals surface area (Å²) in [6.07, 6.45) is 10.1. The van der Waals surface area contributed by atoms with Crippen molar-refractivity contribution in [2.75, 3.05) is 49.5 Å². The van der Waals surface area contributed by atoms with Gasteiger partial charge in [-0.05, 0) is 55.5 Å². The van der Waals surface area contributed by atoms with Crippen LogP contribution in [-0.4, -0.2) is 73.7 Å². The Balaban J connectivity index is 1.12. The van der Waals surface area contributed by atoms with Gasteiger partial charge in [-0.15, -0.1) is 5.10 Å². The number of hydrogen-bond donors (Lipinski definition) is 2. The van der Waals surface area contributed by atoms with Gasteiger partial charge in [-0.3, -0.25) is 4.68 Å². The fraction of sp³-hybridized carbons (Fsp3) is 0.448. The number of nitrogens with one attached hydrogen (secondary N) is 1. The first-order chi connectivity index (χ1) is 19.6. The van der Waals surface area contributed by atoms with Gasteiger partial charge >= 0.3 is 0 Å². The number of nitriles is 1. The third-order valence-electron chi connectivity index (χ3n) is 8.49. The van der Waals surface area contributed by atoms with Gasteiger partial charge in [0.05, 0.1) is 36.3 Å². The number of likely N-dealkylation sites (tertiary alicyclic amines) is 1. The average Bonchev–Trinajstić information content (AvgIpc) is 3.64. The molecule has 6 rings (SSSR count). The van der Waals surface area contributed by atoms with Crippen molar-refractivity contribution < 1.29 is 5.11 Å².